The highest BCUT2D eigenvalue weighted by Crippen LogP contribution is 2.70. The van der Waals surface area contributed by atoms with Gasteiger partial charge in [0, 0.05) is 22.1 Å². The van der Waals surface area contributed by atoms with E-state index >= 15 is 0 Å². The summed E-state index contributed by atoms with van der Waals surface area (Å²) in [6.45, 7) is 0. The predicted molar refractivity (Wildman–Crippen MR) is 222 cm³/mol. The lowest BCUT2D eigenvalue weighted by Crippen LogP contribution is -2.55. The van der Waals surface area contributed by atoms with E-state index in [4.69, 9.17) is 0 Å². The van der Waals surface area contributed by atoms with Gasteiger partial charge in [-0.3, -0.25) is 0 Å². The predicted octanol–water partition coefficient (Wildman–Crippen LogP) is 14.0. The van der Waals surface area contributed by atoms with Crippen LogP contribution in [-0.2, 0) is 5.41 Å². The van der Waals surface area contributed by atoms with Crippen molar-refractivity contribution in [1.82, 2.24) is 0 Å². The van der Waals surface area contributed by atoms with Crippen LogP contribution in [0.2, 0.25) is 0 Å². The van der Waals surface area contributed by atoms with Crippen molar-refractivity contribution in [2.24, 2.45) is 23.7 Å². The Balaban J connectivity index is 1.08. The first kappa shape index (κ1) is 29.9. The summed E-state index contributed by atoms with van der Waals surface area (Å²) >= 11 is 0. The molecule has 8 aromatic rings. The van der Waals surface area contributed by atoms with E-state index in [2.05, 4.69) is 169 Å². The Labute approximate surface area is 311 Å². The van der Waals surface area contributed by atoms with Gasteiger partial charge >= 0.3 is 0 Å². The van der Waals surface area contributed by atoms with E-state index in [1.807, 2.05) is 0 Å². The third-order valence-corrected chi connectivity index (χ3v) is 14.0. The smallest absolute Gasteiger partial charge is 0.0543 e. The molecule has 53 heavy (non-hydrogen) atoms. The standard InChI is InChI=1S/C52H41N/c1-4-15-42-35(11-1)13-9-21-49(42)53(40-25-23-36(24-26-40)46-32-37-12-2-3-14-41(37)43-16-5-6-17-44(43)46)50-22-10-20-48-51(50)45-18-7-8-19-47(45)52(48)38-28-33-27-34(30-38)31-39(52)29-33/h1-26,32-34,38-39H,27-31H2. The summed E-state index contributed by atoms with van der Waals surface area (Å²) in [6.07, 6.45) is 7.04. The fraction of sp³-hybridized carbons (Fsp3) is 0.192. The molecular weight excluding hydrogens is 639 g/mol. The minimum absolute atomic E-state index is 0.126. The highest BCUT2D eigenvalue weighted by molar-refractivity contribution is 6.14. The van der Waals surface area contributed by atoms with Gasteiger partial charge in [-0.05, 0) is 141 Å². The number of hydrogen-bond acceptors (Lipinski definition) is 1. The van der Waals surface area contributed by atoms with Gasteiger partial charge in [0.05, 0.1) is 11.4 Å². The van der Waals surface area contributed by atoms with Gasteiger partial charge in [0.1, 0.15) is 0 Å². The SMILES string of the molecule is c1ccc2c(c1)-c1c(N(c3ccc(-c4cc5ccccc5c5ccccc45)cc3)c3cccc4ccccc34)cccc1C21C2CC3CC(C2)CC1C3. The molecule has 1 spiro atoms. The van der Waals surface area contributed by atoms with E-state index in [9.17, 15) is 0 Å². The van der Waals surface area contributed by atoms with Crippen molar-refractivity contribution in [2.45, 2.75) is 37.5 Å². The first-order valence-electron chi connectivity index (χ1n) is 19.8. The maximum Gasteiger partial charge on any atom is 0.0543 e. The summed E-state index contributed by atoms with van der Waals surface area (Å²) in [5, 5.41) is 7.72. The monoisotopic (exact) mass is 679 g/mol. The molecule has 1 heteroatoms. The third kappa shape index (κ3) is 4.14. The molecule has 13 rings (SSSR count). The van der Waals surface area contributed by atoms with Gasteiger partial charge in [0.25, 0.3) is 0 Å². The molecule has 0 N–H and O–H groups in total. The Bertz CT molecular complexity index is 2720. The van der Waals surface area contributed by atoms with Crippen LogP contribution in [0.3, 0.4) is 0 Å². The Morgan fingerprint density at radius 3 is 1.79 bits per heavy atom. The van der Waals surface area contributed by atoms with Gasteiger partial charge in [-0.15, -0.1) is 0 Å². The first-order chi connectivity index (χ1) is 26.3. The van der Waals surface area contributed by atoms with Crippen molar-refractivity contribution >= 4 is 49.4 Å². The lowest BCUT2D eigenvalue weighted by Gasteiger charge is -2.61. The summed E-state index contributed by atoms with van der Waals surface area (Å²) in [7, 11) is 0. The van der Waals surface area contributed by atoms with Crippen LogP contribution in [0, 0.1) is 23.7 Å². The second-order valence-electron chi connectivity index (χ2n) is 16.5. The van der Waals surface area contributed by atoms with Crippen molar-refractivity contribution in [3.8, 4) is 22.3 Å². The van der Waals surface area contributed by atoms with Crippen LogP contribution in [0.25, 0.3) is 54.6 Å². The summed E-state index contributed by atoms with van der Waals surface area (Å²) < 4.78 is 0. The zero-order chi connectivity index (χ0) is 34.7. The molecule has 4 bridgehead atoms. The minimum atomic E-state index is 0.126. The second kappa shape index (κ2) is 11.2. The molecule has 0 heterocycles. The molecule has 0 aromatic heterocycles. The molecule has 0 atom stereocenters. The van der Waals surface area contributed by atoms with Crippen LogP contribution in [0.15, 0.2) is 164 Å². The van der Waals surface area contributed by atoms with E-state index in [0.717, 1.165) is 23.7 Å². The van der Waals surface area contributed by atoms with Crippen LogP contribution in [0.4, 0.5) is 17.1 Å². The van der Waals surface area contributed by atoms with Crippen molar-refractivity contribution in [1.29, 1.82) is 0 Å². The normalized spacial score (nSPS) is 23.5. The highest BCUT2D eigenvalue weighted by Gasteiger charge is 2.61. The molecule has 4 saturated carbocycles. The molecule has 0 radical (unpaired) electrons. The summed E-state index contributed by atoms with van der Waals surface area (Å²) in [4.78, 5) is 2.58. The Morgan fingerprint density at radius 1 is 0.415 bits per heavy atom. The fourth-order valence-electron chi connectivity index (χ4n) is 12.3. The second-order valence-corrected chi connectivity index (χ2v) is 16.5. The van der Waals surface area contributed by atoms with E-state index in [-0.39, 0.29) is 5.41 Å². The molecule has 0 saturated heterocycles. The van der Waals surface area contributed by atoms with Gasteiger partial charge in [-0.1, -0.05) is 133 Å². The first-order valence-corrected chi connectivity index (χ1v) is 19.8. The fourth-order valence-corrected chi connectivity index (χ4v) is 12.3. The zero-order valence-electron chi connectivity index (χ0n) is 29.9. The maximum atomic E-state index is 2.58. The van der Waals surface area contributed by atoms with Crippen molar-refractivity contribution in [3.05, 3.63) is 175 Å². The number of anilines is 3. The Kier molecular flexibility index (Phi) is 6.30. The molecular formula is C52H41N. The maximum absolute atomic E-state index is 2.58. The van der Waals surface area contributed by atoms with Crippen LogP contribution >= 0.6 is 0 Å². The number of nitrogens with zero attached hydrogens (tertiary/aromatic N) is 1. The molecule has 0 unspecified atom stereocenters. The topological polar surface area (TPSA) is 3.24 Å². The Hall–Kier alpha value is -5.66. The van der Waals surface area contributed by atoms with Crippen LogP contribution in [0.5, 0.6) is 0 Å². The van der Waals surface area contributed by atoms with Gasteiger partial charge < -0.3 is 4.90 Å². The lowest BCUT2D eigenvalue weighted by atomic mass is 9.43. The highest BCUT2D eigenvalue weighted by atomic mass is 15.1. The summed E-state index contributed by atoms with van der Waals surface area (Å²) in [5.74, 6) is 3.32. The Morgan fingerprint density at radius 2 is 1.00 bits per heavy atom. The minimum Gasteiger partial charge on any atom is -0.309 e. The molecule has 8 aromatic carbocycles. The van der Waals surface area contributed by atoms with Gasteiger partial charge in [-0.2, -0.15) is 0 Å². The molecule has 1 nitrogen and oxygen atoms in total. The van der Waals surface area contributed by atoms with Crippen LogP contribution in [0.1, 0.15) is 43.2 Å². The largest absolute Gasteiger partial charge is 0.309 e. The molecule has 0 aliphatic heterocycles. The average molecular weight is 680 g/mol. The molecule has 4 fully saturated rings. The van der Waals surface area contributed by atoms with Gasteiger partial charge in [0.2, 0.25) is 0 Å². The zero-order valence-corrected chi connectivity index (χ0v) is 29.9. The summed E-state index contributed by atoms with van der Waals surface area (Å²) in [6, 6.07) is 62.0. The van der Waals surface area contributed by atoms with Crippen molar-refractivity contribution in [2.75, 3.05) is 4.90 Å². The van der Waals surface area contributed by atoms with E-state index < -0.39 is 0 Å². The van der Waals surface area contributed by atoms with E-state index in [1.165, 1.54) is 104 Å². The molecule has 5 aliphatic carbocycles. The number of benzene rings is 8. The van der Waals surface area contributed by atoms with Crippen LogP contribution < -0.4 is 4.90 Å². The third-order valence-electron chi connectivity index (χ3n) is 14.0. The van der Waals surface area contributed by atoms with Crippen LogP contribution in [-0.4, -0.2) is 0 Å². The summed E-state index contributed by atoms with van der Waals surface area (Å²) in [5.41, 5.74) is 12.5. The van der Waals surface area contributed by atoms with Crippen molar-refractivity contribution in [3.63, 3.8) is 0 Å². The number of rotatable bonds is 4. The number of hydrogen-bond donors (Lipinski definition) is 0. The molecule has 5 aliphatic rings. The van der Waals surface area contributed by atoms with Gasteiger partial charge in [0.15, 0.2) is 0 Å². The van der Waals surface area contributed by atoms with E-state index in [1.54, 1.807) is 11.1 Å². The van der Waals surface area contributed by atoms with Gasteiger partial charge in [-0.25, -0.2) is 0 Å². The lowest BCUT2D eigenvalue weighted by molar-refractivity contribution is -0.0399. The quantitative estimate of drug-likeness (QED) is 0.167. The molecule has 254 valence electrons. The average Bonchev–Trinajstić information content (AvgIpc) is 3.51. The van der Waals surface area contributed by atoms with E-state index in [0.29, 0.717) is 0 Å². The molecule has 0 amide bonds. The number of fused-ring (bicyclic) bond motifs is 7. The van der Waals surface area contributed by atoms with Crippen molar-refractivity contribution < 1.29 is 0 Å².